The fourth-order valence-electron chi connectivity index (χ4n) is 1.23. The Hall–Kier alpha value is -0.390. The standard InChI is InChI=1S/C12H18BrNO2S/c1-8(2)10(4)14-17(15,16)11-5-6-12(13)9(3)7-11/h5-8,10,14H,1-4H3. The van der Waals surface area contributed by atoms with Crippen molar-refractivity contribution in [3.05, 3.63) is 28.2 Å². The van der Waals surface area contributed by atoms with Crippen LogP contribution in [-0.4, -0.2) is 14.5 Å². The molecule has 1 N–H and O–H groups in total. The van der Waals surface area contributed by atoms with Gasteiger partial charge in [0.1, 0.15) is 0 Å². The third-order valence-corrected chi connectivity index (χ3v) is 5.23. The van der Waals surface area contributed by atoms with E-state index in [2.05, 4.69) is 20.7 Å². The molecule has 5 heteroatoms. The third-order valence-electron chi connectivity index (χ3n) is 2.78. The molecular weight excluding hydrogens is 302 g/mol. The van der Waals surface area contributed by atoms with Crippen LogP contribution in [-0.2, 0) is 10.0 Å². The summed E-state index contributed by atoms with van der Waals surface area (Å²) in [4.78, 5) is 0.311. The molecule has 1 atom stereocenters. The van der Waals surface area contributed by atoms with Crippen LogP contribution >= 0.6 is 15.9 Å². The molecule has 0 spiro atoms. The molecule has 1 aromatic carbocycles. The van der Waals surface area contributed by atoms with Gasteiger partial charge in [-0.2, -0.15) is 0 Å². The Kier molecular flexibility index (Phi) is 4.75. The van der Waals surface area contributed by atoms with Gasteiger partial charge in [-0.1, -0.05) is 29.8 Å². The monoisotopic (exact) mass is 319 g/mol. The highest BCUT2D eigenvalue weighted by Crippen LogP contribution is 2.20. The lowest BCUT2D eigenvalue weighted by atomic mass is 10.1. The van der Waals surface area contributed by atoms with Gasteiger partial charge in [-0.15, -0.1) is 0 Å². The maximum absolute atomic E-state index is 12.1. The van der Waals surface area contributed by atoms with Gasteiger partial charge in [-0.25, -0.2) is 13.1 Å². The minimum Gasteiger partial charge on any atom is -0.208 e. The van der Waals surface area contributed by atoms with Crippen molar-refractivity contribution in [2.45, 2.75) is 38.6 Å². The lowest BCUT2D eigenvalue weighted by molar-refractivity contribution is 0.476. The first kappa shape index (κ1) is 14.7. The van der Waals surface area contributed by atoms with E-state index in [9.17, 15) is 8.42 Å². The number of halogens is 1. The Morgan fingerprint density at radius 1 is 1.24 bits per heavy atom. The second kappa shape index (κ2) is 5.50. The van der Waals surface area contributed by atoms with Crippen LogP contribution < -0.4 is 4.72 Å². The van der Waals surface area contributed by atoms with Gasteiger partial charge in [0.2, 0.25) is 10.0 Å². The van der Waals surface area contributed by atoms with Gasteiger partial charge >= 0.3 is 0 Å². The molecule has 1 rings (SSSR count). The number of hydrogen-bond donors (Lipinski definition) is 1. The Labute approximate surface area is 112 Å². The van der Waals surface area contributed by atoms with E-state index >= 15 is 0 Å². The molecule has 17 heavy (non-hydrogen) atoms. The number of rotatable bonds is 4. The van der Waals surface area contributed by atoms with Crippen LogP contribution in [0.1, 0.15) is 26.3 Å². The van der Waals surface area contributed by atoms with Crippen LogP contribution in [0.25, 0.3) is 0 Å². The average molecular weight is 320 g/mol. The molecule has 0 aliphatic heterocycles. The minimum atomic E-state index is -3.41. The molecule has 0 heterocycles. The first-order valence-electron chi connectivity index (χ1n) is 5.52. The molecule has 0 saturated carbocycles. The Balaban J connectivity index is 3.01. The molecule has 0 fully saturated rings. The Morgan fingerprint density at radius 3 is 2.29 bits per heavy atom. The molecule has 0 aliphatic carbocycles. The first-order chi connectivity index (χ1) is 7.74. The van der Waals surface area contributed by atoms with Gasteiger partial charge in [0.15, 0.2) is 0 Å². The van der Waals surface area contributed by atoms with E-state index in [-0.39, 0.29) is 12.0 Å². The molecule has 0 aromatic heterocycles. The highest BCUT2D eigenvalue weighted by atomic mass is 79.9. The zero-order valence-corrected chi connectivity index (χ0v) is 12.9. The lowest BCUT2D eigenvalue weighted by Crippen LogP contribution is -2.36. The van der Waals surface area contributed by atoms with Crippen molar-refractivity contribution in [3.63, 3.8) is 0 Å². The molecule has 1 aromatic rings. The summed E-state index contributed by atoms with van der Waals surface area (Å²) in [6, 6.07) is 4.94. The number of sulfonamides is 1. The van der Waals surface area contributed by atoms with Crippen molar-refractivity contribution in [3.8, 4) is 0 Å². The number of aryl methyl sites for hydroxylation is 1. The molecule has 0 amide bonds. The zero-order valence-electron chi connectivity index (χ0n) is 10.5. The van der Waals surface area contributed by atoms with Crippen molar-refractivity contribution < 1.29 is 8.42 Å². The number of nitrogens with one attached hydrogen (secondary N) is 1. The van der Waals surface area contributed by atoms with Crippen LogP contribution in [0, 0.1) is 12.8 Å². The van der Waals surface area contributed by atoms with Gasteiger partial charge in [0, 0.05) is 10.5 Å². The second-order valence-corrected chi connectivity index (χ2v) is 7.13. The third kappa shape index (κ3) is 3.79. The second-order valence-electron chi connectivity index (χ2n) is 4.56. The van der Waals surface area contributed by atoms with E-state index < -0.39 is 10.0 Å². The van der Waals surface area contributed by atoms with Crippen LogP contribution in [0.5, 0.6) is 0 Å². The Morgan fingerprint density at radius 2 is 1.82 bits per heavy atom. The summed E-state index contributed by atoms with van der Waals surface area (Å²) in [6.45, 7) is 7.71. The number of benzene rings is 1. The summed E-state index contributed by atoms with van der Waals surface area (Å²) in [7, 11) is -3.41. The van der Waals surface area contributed by atoms with Crippen LogP contribution in [0.4, 0.5) is 0 Å². The highest BCUT2D eigenvalue weighted by molar-refractivity contribution is 9.10. The summed E-state index contributed by atoms with van der Waals surface area (Å²) in [6.07, 6.45) is 0. The quantitative estimate of drug-likeness (QED) is 0.927. The summed E-state index contributed by atoms with van der Waals surface area (Å²) in [5.74, 6) is 0.265. The van der Waals surface area contributed by atoms with Crippen molar-refractivity contribution in [1.29, 1.82) is 0 Å². The smallest absolute Gasteiger partial charge is 0.208 e. The number of hydrogen-bond acceptors (Lipinski definition) is 2. The Bertz CT molecular complexity index is 497. The van der Waals surface area contributed by atoms with E-state index in [4.69, 9.17) is 0 Å². The van der Waals surface area contributed by atoms with E-state index in [1.54, 1.807) is 18.2 Å². The van der Waals surface area contributed by atoms with E-state index in [0.717, 1.165) is 10.0 Å². The summed E-state index contributed by atoms with van der Waals surface area (Å²) in [5.41, 5.74) is 0.907. The lowest BCUT2D eigenvalue weighted by Gasteiger charge is -2.17. The maximum Gasteiger partial charge on any atom is 0.240 e. The van der Waals surface area contributed by atoms with E-state index in [1.807, 2.05) is 27.7 Å². The normalized spacial score (nSPS) is 14.0. The van der Waals surface area contributed by atoms with E-state index in [0.29, 0.717) is 4.90 Å². The summed E-state index contributed by atoms with van der Waals surface area (Å²) in [5, 5.41) is 0. The molecule has 0 radical (unpaired) electrons. The van der Waals surface area contributed by atoms with Crippen molar-refractivity contribution >= 4 is 26.0 Å². The van der Waals surface area contributed by atoms with Gasteiger partial charge < -0.3 is 0 Å². The topological polar surface area (TPSA) is 46.2 Å². The fourth-order valence-corrected chi connectivity index (χ4v) is 2.96. The van der Waals surface area contributed by atoms with Crippen LogP contribution in [0.15, 0.2) is 27.6 Å². The van der Waals surface area contributed by atoms with Crippen molar-refractivity contribution in [1.82, 2.24) is 4.72 Å². The van der Waals surface area contributed by atoms with Crippen molar-refractivity contribution in [2.75, 3.05) is 0 Å². The van der Waals surface area contributed by atoms with Gasteiger partial charge in [0.25, 0.3) is 0 Å². The molecular formula is C12H18BrNO2S. The van der Waals surface area contributed by atoms with Crippen LogP contribution in [0.3, 0.4) is 0 Å². The van der Waals surface area contributed by atoms with Crippen LogP contribution in [0.2, 0.25) is 0 Å². The van der Waals surface area contributed by atoms with Gasteiger partial charge in [-0.3, -0.25) is 0 Å². The zero-order chi connectivity index (χ0) is 13.2. The van der Waals surface area contributed by atoms with Gasteiger partial charge in [0.05, 0.1) is 4.90 Å². The van der Waals surface area contributed by atoms with Gasteiger partial charge in [-0.05, 0) is 43.5 Å². The molecule has 0 saturated heterocycles. The molecule has 1 unspecified atom stereocenters. The first-order valence-corrected chi connectivity index (χ1v) is 7.80. The summed E-state index contributed by atoms with van der Waals surface area (Å²) >= 11 is 3.35. The summed E-state index contributed by atoms with van der Waals surface area (Å²) < 4.78 is 27.8. The maximum atomic E-state index is 12.1. The largest absolute Gasteiger partial charge is 0.240 e. The molecule has 96 valence electrons. The van der Waals surface area contributed by atoms with E-state index in [1.165, 1.54) is 0 Å². The fraction of sp³-hybridized carbons (Fsp3) is 0.500. The van der Waals surface area contributed by atoms with Crippen molar-refractivity contribution in [2.24, 2.45) is 5.92 Å². The average Bonchev–Trinajstić information content (AvgIpc) is 2.21. The molecule has 3 nitrogen and oxygen atoms in total. The highest BCUT2D eigenvalue weighted by Gasteiger charge is 2.19. The predicted octanol–water partition coefficient (Wildman–Crippen LogP) is 3.08. The molecule has 0 aliphatic rings. The minimum absolute atomic E-state index is 0.0797. The predicted molar refractivity (Wildman–Crippen MR) is 73.5 cm³/mol. The molecule has 0 bridgehead atoms. The SMILES string of the molecule is Cc1cc(S(=O)(=O)NC(C)C(C)C)ccc1Br.